The Balaban J connectivity index is 2.46. The maximum atomic E-state index is 12.7. The molecule has 0 heterocycles. The number of hydrogen-bond acceptors (Lipinski definition) is 7. The topological polar surface area (TPSA) is 83.5 Å². The molecule has 27 heavy (non-hydrogen) atoms. The van der Waals surface area contributed by atoms with E-state index in [4.69, 9.17) is 23.7 Å². The van der Waals surface area contributed by atoms with Crippen LogP contribution in [-0.4, -0.2) is 46.4 Å². The molecule has 0 saturated carbocycles. The van der Waals surface area contributed by atoms with E-state index in [0.29, 0.717) is 28.6 Å². The highest BCUT2D eigenvalue weighted by Crippen LogP contribution is 2.37. The molecule has 0 unspecified atom stereocenters. The summed E-state index contributed by atoms with van der Waals surface area (Å²) in [5.74, 6) is 1.36. The van der Waals surface area contributed by atoms with Crippen molar-refractivity contribution >= 4 is 11.9 Å². The summed E-state index contributed by atoms with van der Waals surface area (Å²) in [6.45, 7) is 0. The summed E-state index contributed by atoms with van der Waals surface area (Å²) in [6, 6.07) is 6.25. The van der Waals surface area contributed by atoms with Gasteiger partial charge in [-0.1, -0.05) is 0 Å². The Morgan fingerprint density at radius 3 is 1.96 bits per heavy atom. The molecule has 0 fully saturated rings. The highest BCUT2D eigenvalue weighted by atomic mass is 16.5. The molecular weight excluding hydrogens is 352 g/mol. The minimum Gasteiger partial charge on any atom is -0.507 e. The molecule has 0 spiro atoms. The minimum atomic E-state index is -0.448. The third kappa shape index (κ3) is 4.25. The van der Waals surface area contributed by atoms with Gasteiger partial charge < -0.3 is 28.8 Å². The number of hydrogen-bond donors (Lipinski definition) is 1. The van der Waals surface area contributed by atoms with Crippen LogP contribution in [-0.2, 0) is 0 Å². The van der Waals surface area contributed by atoms with Gasteiger partial charge in [-0.25, -0.2) is 0 Å². The lowest BCUT2D eigenvalue weighted by Gasteiger charge is -2.13. The third-order valence-electron chi connectivity index (χ3n) is 3.89. The Kier molecular flexibility index (Phi) is 6.54. The van der Waals surface area contributed by atoms with Crippen LogP contribution in [0.2, 0.25) is 0 Å². The zero-order valence-corrected chi connectivity index (χ0v) is 15.9. The first-order valence-corrected chi connectivity index (χ1v) is 7.96. The molecule has 7 nitrogen and oxygen atoms in total. The average molecular weight is 374 g/mol. The monoisotopic (exact) mass is 374 g/mol. The number of aromatic hydroxyl groups is 1. The van der Waals surface area contributed by atoms with Crippen LogP contribution in [0.25, 0.3) is 6.08 Å². The van der Waals surface area contributed by atoms with E-state index >= 15 is 0 Å². The molecule has 2 aromatic rings. The predicted octanol–water partition coefficient (Wildman–Crippen LogP) is 3.33. The van der Waals surface area contributed by atoms with E-state index in [1.54, 1.807) is 18.2 Å². The Labute approximate surface area is 157 Å². The Hall–Kier alpha value is -3.35. The molecule has 1 N–H and O–H groups in total. The maximum Gasteiger partial charge on any atom is 0.193 e. The first-order chi connectivity index (χ1) is 13.0. The van der Waals surface area contributed by atoms with E-state index in [1.807, 2.05) is 0 Å². The van der Waals surface area contributed by atoms with Crippen LogP contribution in [0.15, 0.2) is 30.3 Å². The van der Waals surface area contributed by atoms with Gasteiger partial charge in [0.25, 0.3) is 0 Å². The van der Waals surface area contributed by atoms with Crippen LogP contribution in [0.3, 0.4) is 0 Å². The van der Waals surface area contributed by atoms with Crippen molar-refractivity contribution in [1.82, 2.24) is 0 Å². The van der Waals surface area contributed by atoms with Gasteiger partial charge in [-0.3, -0.25) is 4.79 Å². The van der Waals surface area contributed by atoms with Crippen LogP contribution >= 0.6 is 0 Å². The van der Waals surface area contributed by atoms with Crippen molar-refractivity contribution in [3.63, 3.8) is 0 Å². The number of ether oxygens (including phenoxy) is 5. The van der Waals surface area contributed by atoms with Crippen LogP contribution in [0, 0.1) is 0 Å². The smallest absolute Gasteiger partial charge is 0.193 e. The Morgan fingerprint density at radius 1 is 0.815 bits per heavy atom. The largest absolute Gasteiger partial charge is 0.507 e. The zero-order chi connectivity index (χ0) is 20.0. The van der Waals surface area contributed by atoms with Crippen molar-refractivity contribution in [3.05, 3.63) is 41.5 Å². The normalized spacial score (nSPS) is 10.6. The third-order valence-corrected chi connectivity index (χ3v) is 3.89. The maximum absolute atomic E-state index is 12.7. The molecule has 2 rings (SSSR count). The van der Waals surface area contributed by atoms with Gasteiger partial charge in [0.15, 0.2) is 17.3 Å². The van der Waals surface area contributed by atoms with E-state index in [-0.39, 0.29) is 17.1 Å². The number of allylic oxidation sites excluding steroid dienone is 1. The molecule has 2 aromatic carbocycles. The van der Waals surface area contributed by atoms with E-state index in [2.05, 4.69) is 0 Å². The molecule has 0 aliphatic carbocycles. The number of phenols is 1. The number of phenolic OH excluding ortho intramolecular Hbond substituents is 1. The molecule has 0 amide bonds. The molecule has 144 valence electrons. The first kappa shape index (κ1) is 20.0. The summed E-state index contributed by atoms with van der Waals surface area (Å²) in [5, 5.41) is 10.2. The second-order valence-corrected chi connectivity index (χ2v) is 5.37. The van der Waals surface area contributed by atoms with Gasteiger partial charge in [0, 0.05) is 23.8 Å². The fourth-order valence-corrected chi connectivity index (χ4v) is 2.56. The number of rotatable bonds is 8. The molecule has 0 radical (unpaired) electrons. The SMILES string of the molecule is COc1cc(/C=C/C(=O)c2c(O)cc(OC)cc2OC)c(OC)c(OC)c1. The van der Waals surface area contributed by atoms with Gasteiger partial charge in [-0.15, -0.1) is 0 Å². The summed E-state index contributed by atoms with van der Waals surface area (Å²) < 4.78 is 26.2. The molecular formula is C20H22O7. The van der Waals surface area contributed by atoms with Crippen molar-refractivity contribution in [3.8, 4) is 34.5 Å². The van der Waals surface area contributed by atoms with Crippen LogP contribution in [0.1, 0.15) is 15.9 Å². The summed E-state index contributed by atoms with van der Waals surface area (Å²) in [7, 11) is 7.40. The van der Waals surface area contributed by atoms with Gasteiger partial charge in [0.05, 0.1) is 35.5 Å². The van der Waals surface area contributed by atoms with Gasteiger partial charge >= 0.3 is 0 Å². The molecule has 0 saturated heterocycles. The van der Waals surface area contributed by atoms with Crippen LogP contribution in [0.4, 0.5) is 0 Å². The summed E-state index contributed by atoms with van der Waals surface area (Å²) >= 11 is 0. The molecule has 0 aliphatic rings. The van der Waals surface area contributed by atoms with Crippen molar-refractivity contribution in [2.75, 3.05) is 35.5 Å². The Bertz CT molecular complexity index is 856. The number of carbonyl (C=O) groups is 1. The van der Waals surface area contributed by atoms with Gasteiger partial charge in [-0.05, 0) is 18.2 Å². The number of ketones is 1. The number of benzene rings is 2. The first-order valence-electron chi connectivity index (χ1n) is 7.96. The van der Waals surface area contributed by atoms with E-state index in [1.165, 1.54) is 53.8 Å². The van der Waals surface area contributed by atoms with Crippen molar-refractivity contribution < 1.29 is 33.6 Å². The van der Waals surface area contributed by atoms with Crippen LogP contribution in [0.5, 0.6) is 34.5 Å². The highest BCUT2D eigenvalue weighted by Gasteiger charge is 2.18. The summed E-state index contributed by atoms with van der Waals surface area (Å²) in [5.41, 5.74) is 0.609. The quantitative estimate of drug-likeness (QED) is 0.560. The predicted molar refractivity (Wildman–Crippen MR) is 101 cm³/mol. The van der Waals surface area contributed by atoms with E-state index in [9.17, 15) is 9.90 Å². The van der Waals surface area contributed by atoms with E-state index < -0.39 is 5.78 Å². The van der Waals surface area contributed by atoms with Crippen LogP contribution < -0.4 is 23.7 Å². The molecule has 7 heteroatoms. The minimum absolute atomic E-state index is 0.0309. The van der Waals surface area contributed by atoms with Crippen molar-refractivity contribution in [2.45, 2.75) is 0 Å². The van der Waals surface area contributed by atoms with Gasteiger partial charge in [0.1, 0.15) is 28.6 Å². The Morgan fingerprint density at radius 2 is 1.41 bits per heavy atom. The fraction of sp³-hybridized carbons (Fsp3) is 0.250. The van der Waals surface area contributed by atoms with Crippen molar-refractivity contribution in [1.29, 1.82) is 0 Å². The van der Waals surface area contributed by atoms with Gasteiger partial charge in [-0.2, -0.15) is 0 Å². The van der Waals surface area contributed by atoms with E-state index in [0.717, 1.165) is 0 Å². The lowest BCUT2D eigenvalue weighted by Crippen LogP contribution is -2.01. The zero-order valence-electron chi connectivity index (χ0n) is 15.9. The van der Waals surface area contributed by atoms with Crippen molar-refractivity contribution in [2.24, 2.45) is 0 Å². The highest BCUT2D eigenvalue weighted by molar-refractivity contribution is 6.10. The van der Waals surface area contributed by atoms with Gasteiger partial charge in [0.2, 0.25) is 0 Å². The molecule has 0 aromatic heterocycles. The molecule has 0 atom stereocenters. The second kappa shape index (κ2) is 8.84. The standard InChI is InChI=1S/C20H22O7/c1-23-13-8-12(20(27-5)18(11-13)26-4)6-7-15(21)19-16(22)9-14(24-2)10-17(19)25-3/h6-11,22H,1-5H3/b7-6+. The number of methoxy groups -OCH3 is 5. The lowest BCUT2D eigenvalue weighted by atomic mass is 10.1. The fourth-order valence-electron chi connectivity index (χ4n) is 2.56. The molecule has 0 aliphatic heterocycles. The summed E-state index contributed by atoms with van der Waals surface area (Å²) in [4.78, 5) is 12.7. The second-order valence-electron chi connectivity index (χ2n) is 5.37. The number of carbonyl (C=O) groups excluding carboxylic acids is 1. The lowest BCUT2D eigenvalue weighted by molar-refractivity contribution is 0.104. The molecule has 0 bridgehead atoms. The summed E-state index contributed by atoms with van der Waals surface area (Å²) in [6.07, 6.45) is 2.86. The average Bonchev–Trinajstić information content (AvgIpc) is 2.70.